The van der Waals surface area contributed by atoms with Gasteiger partial charge in [0.05, 0.1) is 38.4 Å². The van der Waals surface area contributed by atoms with Gasteiger partial charge in [0.15, 0.2) is 0 Å². The molecule has 12 nitrogen and oxygen atoms in total. The highest BCUT2D eigenvalue weighted by Crippen LogP contribution is 2.24. The minimum atomic E-state index is -3.78. The van der Waals surface area contributed by atoms with E-state index in [-0.39, 0.29) is 59.1 Å². The molecule has 0 spiro atoms. The van der Waals surface area contributed by atoms with Crippen molar-refractivity contribution in [3.63, 3.8) is 0 Å². The van der Waals surface area contributed by atoms with Crippen LogP contribution in [0.2, 0.25) is 0 Å². The number of carbonyl (C=O) groups is 2. The number of hydrogen-bond donors (Lipinski definition) is 1. The third kappa shape index (κ3) is 11.6. The van der Waals surface area contributed by atoms with Crippen molar-refractivity contribution in [3.8, 4) is 0 Å². The van der Waals surface area contributed by atoms with E-state index >= 15 is 0 Å². The molecular weight excluding hydrogens is 645 g/mol. The van der Waals surface area contributed by atoms with Crippen LogP contribution in [-0.4, -0.2) is 83.4 Å². The fourth-order valence-electron chi connectivity index (χ4n) is 3.89. The molecule has 2 aliphatic rings. The highest BCUT2D eigenvalue weighted by Gasteiger charge is 2.32. The van der Waals surface area contributed by atoms with Gasteiger partial charge in [0.25, 0.3) is 9.05 Å². The Balaban J connectivity index is 0.000000341. The van der Waals surface area contributed by atoms with Crippen LogP contribution in [0.25, 0.3) is 0 Å². The summed E-state index contributed by atoms with van der Waals surface area (Å²) in [6, 6.07) is 4.16. The molecule has 1 N–H and O–H groups in total. The molecule has 18 heteroatoms. The Bertz CT molecular complexity index is 1360. The van der Waals surface area contributed by atoms with Crippen molar-refractivity contribution in [2.45, 2.75) is 35.5 Å². The number of sulfonamides is 1. The van der Waals surface area contributed by atoms with E-state index in [0.717, 1.165) is 56.5 Å². The van der Waals surface area contributed by atoms with E-state index in [1.54, 1.807) is 0 Å². The molecular formula is C24H32Cl2F2N4O8S2. The Kier molecular flexibility index (Phi) is 15.7. The summed E-state index contributed by atoms with van der Waals surface area (Å²) in [7, 11) is 0.225. The van der Waals surface area contributed by atoms with E-state index in [0.29, 0.717) is 12.8 Å². The number of rotatable bonds is 5. The van der Waals surface area contributed by atoms with E-state index in [2.05, 4.69) is 24.8 Å². The van der Waals surface area contributed by atoms with Crippen molar-refractivity contribution in [3.05, 3.63) is 48.6 Å². The van der Waals surface area contributed by atoms with Gasteiger partial charge in [-0.3, -0.25) is 9.59 Å². The van der Waals surface area contributed by atoms with Gasteiger partial charge in [-0.1, -0.05) is 0 Å². The zero-order valence-electron chi connectivity index (χ0n) is 22.7. The largest absolute Gasteiger partial charge is 0.469 e. The van der Waals surface area contributed by atoms with Crippen LogP contribution in [0.4, 0.5) is 8.78 Å². The molecule has 42 heavy (non-hydrogen) atoms. The molecule has 2 aliphatic heterocycles. The Hall–Kier alpha value is -2.50. The Morgan fingerprint density at radius 1 is 0.833 bits per heavy atom. The summed E-state index contributed by atoms with van der Waals surface area (Å²) in [5.41, 5.74) is 0. The molecule has 4 rings (SSSR count). The molecule has 2 aromatic rings. The van der Waals surface area contributed by atoms with Crippen LogP contribution >= 0.6 is 23.1 Å². The molecule has 2 saturated heterocycles. The van der Waals surface area contributed by atoms with E-state index in [1.165, 1.54) is 24.6 Å². The molecule has 0 bridgehead atoms. The zero-order valence-corrected chi connectivity index (χ0v) is 25.9. The van der Waals surface area contributed by atoms with Gasteiger partial charge in [0.1, 0.15) is 9.79 Å². The number of nitrogens with zero attached hydrogens (tertiary/aromatic N) is 3. The molecule has 0 atom stereocenters. The Labute approximate surface area is 254 Å². The molecule has 4 heterocycles. The van der Waals surface area contributed by atoms with Crippen molar-refractivity contribution >= 4 is 54.1 Å². The van der Waals surface area contributed by atoms with Gasteiger partial charge in [-0.15, -0.1) is 12.4 Å². The van der Waals surface area contributed by atoms with Crippen molar-refractivity contribution < 1.29 is 44.7 Å². The first-order valence-corrected chi connectivity index (χ1v) is 16.1. The summed E-state index contributed by atoms with van der Waals surface area (Å²) in [6.07, 6.45) is 4.54. The van der Waals surface area contributed by atoms with Crippen LogP contribution in [0.5, 0.6) is 0 Å². The monoisotopic (exact) mass is 676 g/mol. The minimum absolute atomic E-state index is 0. The zero-order chi connectivity index (χ0) is 30.6. The average Bonchev–Trinajstić information content (AvgIpc) is 2.97. The molecule has 0 aromatic carbocycles. The first kappa shape index (κ1) is 37.5. The lowest BCUT2D eigenvalue weighted by Gasteiger charge is -2.29. The summed E-state index contributed by atoms with van der Waals surface area (Å²) in [5.74, 6) is -1.96. The predicted molar refractivity (Wildman–Crippen MR) is 150 cm³/mol. The standard InChI is InChI=1S/C12H15FN2O4S.C7H13NO2.C5H3ClFNO2S.ClH/c1-19-12(16)9-4-6-15(7-5-9)20(17,18)10-2-3-11(13)14-8-10;1-10-7(9)6-2-4-8-5-3-6;6-11(9,10)4-1-2-5(7)8-3-4;/h2-3,8-9H,4-7H2,1H3;6,8H,2-5H2,1H3;1-3H;1H. The van der Waals surface area contributed by atoms with Gasteiger partial charge in [-0.25, -0.2) is 26.8 Å². The molecule has 0 aliphatic carbocycles. The quantitative estimate of drug-likeness (QED) is 0.281. The predicted octanol–water partition coefficient (Wildman–Crippen LogP) is 2.52. The number of methoxy groups -OCH3 is 2. The van der Waals surface area contributed by atoms with Gasteiger partial charge >= 0.3 is 11.9 Å². The molecule has 2 fully saturated rings. The smallest absolute Gasteiger partial charge is 0.308 e. The highest BCUT2D eigenvalue weighted by atomic mass is 35.7. The number of carbonyl (C=O) groups excluding carboxylic acids is 2. The molecule has 2 aromatic heterocycles. The number of hydrogen-bond acceptors (Lipinski definition) is 11. The third-order valence-electron chi connectivity index (χ3n) is 6.18. The number of pyridine rings is 2. The lowest BCUT2D eigenvalue weighted by Crippen LogP contribution is -2.40. The maximum Gasteiger partial charge on any atom is 0.308 e. The van der Waals surface area contributed by atoms with Gasteiger partial charge in [-0.2, -0.15) is 13.1 Å². The number of ether oxygens (including phenoxy) is 2. The van der Waals surface area contributed by atoms with Crippen molar-refractivity contribution in [1.29, 1.82) is 0 Å². The van der Waals surface area contributed by atoms with Crippen molar-refractivity contribution in [2.24, 2.45) is 11.8 Å². The van der Waals surface area contributed by atoms with Crippen molar-refractivity contribution in [1.82, 2.24) is 19.6 Å². The average molecular weight is 678 g/mol. The van der Waals surface area contributed by atoms with Crippen LogP contribution in [0.1, 0.15) is 25.7 Å². The van der Waals surface area contributed by atoms with Crippen LogP contribution in [0.3, 0.4) is 0 Å². The molecule has 0 saturated carbocycles. The number of halogens is 4. The second-order valence-corrected chi connectivity index (χ2v) is 13.3. The summed E-state index contributed by atoms with van der Waals surface area (Å²) in [4.78, 5) is 28.5. The Morgan fingerprint density at radius 2 is 1.26 bits per heavy atom. The lowest BCUT2D eigenvalue weighted by atomic mass is 9.99. The normalized spacial score (nSPS) is 16.4. The second kappa shape index (κ2) is 17.6. The molecule has 0 radical (unpaired) electrons. The lowest BCUT2D eigenvalue weighted by molar-refractivity contribution is -0.147. The number of esters is 2. The first-order valence-electron chi connectivity index (χ1n) is 12.3. The maximum absolute atomic E-state index is 12.7. The SMILES string of the molecule is COC(=O)C1CCN(S(=O)(=O)c2ccc(F)nc2)CC1.COC(=O)C1CCNCC1.Cl.O=S(=O)(Cl)c1ccc(F)nc1. The maximum atomic E-state index is 12.7. The topological polar surface area (TPSA) is 162 Å². The van der Waals surface area contributed by atoms with Crippen molar-refractivity contribution in [2.75, 3.05) is 40.4 Å². The van der Waals surface area contributed by atoms with E-state index in [4.69, 9.17) is 10.7 Å². The summed E-state index contributed by atoms with van der Waals surface area (Å²) < 4.78 is 81.1. The fraction of sp³-hybridized carbons (Fsp3) is 0.500. The highest BCUT2D eigenvalue weighted by molar-refractivity contribution is 8.13. The Morgan fingerprint density at radius 3 is 1.64 bits per heavy atom. The van der Waals surface area contributed by atoms with Gasteiger partial charge in [0, 0.05) is 23.8 Å². The van der Waals surface area contributed by atoms with Crippen LogP contribution < -0.4 is 5.32 Å². The molecule has 236 valence electrons. The summed E-state index contributed by atoms with van der Waals surface area (Å²) in [5, 5.41) is 3.19. The van der Waals surface area contributed by atoms with E-state index in [1.807, 2.05) is 0 Å². The second-order valence-electron chi connectivity index (χ2n) is 8.82. The molecule has 0 unspecified atom stereocenters. The van der Waals surface area contributed by atoms with Crippen LogP contribution in [0, 0.1) is 23.7 Å². The molecule has 0 amide bonds. The van der Waals surface area contributed by atoms with Crippen LogP contribution in [-0.2, 0) is 38.1 Å². The number of piperidine rings is 2. The van der Waals surface area contributed by atoms with E-state index < -0.39 is 31.0 Å². The summed E-state index contributed by atoms with van der Waals surface area (Å²) in [6.45, 7) is 2.36. The van der Waals surface area contributed by atoms with Crippen LogP contribution in [0.15, 0.2) is 46.5 Å². The van der Waals surface area contributed by atoms with Gasteiger partial charge in [-0.05, 0) is 63.0 Å². The minimum Gasteiger partial charge on any atom is -0.469 e. The third-order valence-corrected chi connectivity index (χ3v) is 9.40. The summed E-state index contributed by atoms with van der Waals surface area (Å²) >= 11 is 0. The van der Waals surface area contributed by atoms with Gasteiger partial charge < -0.3 is 14.8 Å². The number of nitrogens with one attached hydrogen (secondary N) is 1. The first-order chi connectivity index (χ1) is 19.3. The fourth-order valence-corrected chi connectivity index (χ4v) is 5.99. The number of aromatic nitrogens is 2. The van der Waals surface area contributed by atoms with Gasteiger partial charge in [0.2, 0.25) is 21.9 Å². The van der Waals surface area contributed by atoms with E-state index in [9.17, 15) is 35.2 Å².